The summed E-state index contributed by atoms with van der Waals surface area (Å²) in [5, 5.41) is 0. The molecule has 1 saturated heterocycles. The minimum Gasteiger partial charge on any atom is -0.497 e. The van der Waals surface area contributed by atoms with Gasteiger partial charge < -0.3 is 4.74 Å². The van der Waals surface area contributed by atoms with Gasteiger partial charge in [-0.2, -0.15) is 13.2 Å². The number of hydrogen-bond donors (Lipinski definition) is 0. The van der Waals surface area contributed by atoms with Crippen molar-refractivity contribution in [2.75, 3.05) is 18.7 Å². The van der Waals surface area contributed by atoms with Crippen LogP contribution in [-0.2, 0) is 14.4 Å². The van der Waals surface area contributed by atoms with Crippen molar-refractivity contribution in [3.63, 3.8) is 0 Å². The van der Waals surface area contributed by atoms with Crippen molar-refractivity contribution in [3.8, 4) is 5.75 Å². The van der Waals surface area contributed by atoms with E-state index in [2.05, 4.69) is 0 Å². The number of rotatable bonds is 4. The molecule has 1 aromatic rings. The van der Waals surface area contributed by atoms with Crippen molar-refractivity contribution in [3.05, 3.63) is 36.4 Å². The van der Waals surface area contributed by atoms with Gasteiger partial charge in [0, 0.05) is 5.69 Å². The second-order valence-electron chi connectivity index (χ2n) is 8.33. The Hall–Kier alpha value is -2.84. The van der Waals surface area contributed by atoms with Crippen molar-refractivity contribution in [2.45, 2.75) is 12.6 Å². The van der Waals surface area contributed by atoms with E-state index >= 15 is 0 Å². The fourth-order valence-electron chi connectivity index (χ4n) is 5.48. The minimum atomic E-state index is -5.15. The van der Waals surface area contributed by atoms with E-state index in [0.717, 1.165) is 11.3 Å². The third-order valence-corrected chi connectivity index (χ3v) is 6.91. The van der Waals surface area contributed by atoms with Crippen molar-refractivity contribution in [1.29, 1.82) is 0 Å². The molecule has 3 fully saturated rings. The van der Waals surface area contributed by atoms with Crippen LogP contribution in [0.4, 0.5) is 18.9 Å². The van der Waals surface area contributed by atoms with Gasteiger partial charge in [-0.05, 0) is 54.4 Å². The first kappa shape index (κ1) is 19.1. The van der Waals surface area contributed by atoms with Gasteiger partial charge in [-0.25, -0.2) is 0 Å². The standard InChI is InChI=1S/C21H19F3N2O4/c1-30-11-4-2-10(3-5-11)25(20(29)21(22,23)24)9-26-18(27)16-12-6-7-13(15-8-14(12)15)17(16)19(26)28/h2-7,12-17H,8-9H2,1H3/t12-,13+,14-,15-,16+,17+/m1/s1. The molecule has 9 heteroatoms. The summed E-state index contributed by atoms with van der Waals surface area (Å²) in [6.45, 7) is -0.760. The highest BCUT2D eigenvalue weighted by atomic mass is 19.4. The molecule has 3 amide bonds. The lowest BCUT2D eigenvalue weighted by Gasteiger charge is -2.37. The smallest absolute Gasteiger partial charge is 0.471 e. The maximum Gasteiger partial charge on any atom is 0.471 e. The van der Waals surface area contributed by atoms with Gasteiger partial charge in [0.1, 0.15) is 12.4 Å². The average Bonchev–Trinajstić information content (AvgIpc) is 3.51. The molecule has 0 radical (unpaired) electrons. The molecule has 1 heterocycles. The van der Waals surface area contributed by atoms with Gasteiger partial charge >= 0.3 is 12.1 Å². The zero-order valence-electron chi connectivity index (χ0n) is 16.0. The number of carbonyl (C=O) groups excluding carboxylic acids is 3. The number of anilines is 1. The van der Waals surface area contributed by atoms with Gasteiger partial charge in [0.2, 0.25) is 11.8 Å². The van der Waals surface area contributed by atoms with Crippen LogP contribution in [0.3, 0.4) is 0 Å². The van der Waals surface area contributed by atoms with E-state index in [9.17, 15) is 27.6 Å². The molecule has 6 atom stereocenters. The lowest BCUT2D eigenvalue weighted by Crippen LogP contribution is -2.49. The number of carbonyl (C=O) groups is 3. The number of halogens is 3. The maximum atomic E-state index is 13.3. The van der Waals surface area contributed by atoms with Gasteiger partial charge in [-0.15, -0.1) is 0 Å². The van der Waals surface area contributed by atoms with Gasteiger partial charge in [0.25, 0.3) is 0 Å². The van der Waals surface area contributed by atoms with E-state index in [1.165, 1.54) is 31.4 Å². The highest BCUT2D eigenvalue weighted by molar-refractivity contribution is 6.07. The van der Waals surface area contributed by atoms with Crippen LogP contribution in [0.25, 0.3) is 0 Å². The molecule has 5 aliphatic rings. The highest BCUT2D eigenvalue weighted by Gasteiger charge is 2.67. The average molecular weight is 420 g/mol. The molecule has 1 aromatic carbocycles. The number of likely N-dealkylation sites (tertiary alicyclic amines) is 1. The third kappa shape index (κ3) is 2.67. The zero-order chi connectivity index (χ0) is 21.4. The summed E-state index contributed by atoms with van der Waals surface area (Å²) in [7, 11) is 1.41. The zero-order valence-corrected chi connectivity index (χ0v) is 16.0. The molecule has 0 unspecified atom stereocenters. The molecule has 6 rings (SSSR count). The van der Waals surface area contributed by atoms with Crippen LogP contribution in [0.1, 0.15) is 6.42 Å². The Labute approximate surface area is 170 Å². The predicted octanol–water partition coefficient (Wildman–Crippen LogP) is 2.60. The quantitative estimate of drug-likeness (QED) is 0.555. The van der Waals surface area contributed by atoms with Crippen molar-refractivity contribution < 1.29 is 32.3 Å². The Bertz CT molecular complexity index is 922. The van der Waals surface area contributed by atoms with Gasteiger partial charge in [0.05, 0.1) is 18.9 Å². The number of ether oxygens (including phenoxy) is 1. The molecular weight excluding hydrogens is 401 g/mol. The number of imide groups is 1. The fraction of sp³-hybridized carbons (Fsp3) is 0.476. The maximum absolute atomic E-state index is 13.3. The summed E-state index contributed by atoms with van der Waals surface area (Å²) >= 11 is 0. The van der Waals surface area contributed by atoms with Crippen LogP contribution < -0.4 is 9.64 Å². The first-order valence-corrected chi connectivity index (χ1v) is 9.78. The third-order valence-electron chi connectivity index (χ3n) is 6.91. The predicted molar refractivity (Wildman–Crippen MR) is 98.0 cm³/mol. The van der Waals surface area contributed by atoms with E-state index in [1.807, 2.05) is 12.2 Å². The number of methoxy groups -OCH3 is 1. The first-order chi connectivity index (χ1) is 14.2. The van der Waals surface area contributed by atoms with E-state index < -0.39 is 42.4 Å². The molecule has 30 heavy (non-hydrogen) atoms. The SMILES string of the molecule is COc1ccc(N(CN2C(=O)[C@H]3[C@@H]4C=C[C@@H]([C@H]5C[C@H]45)[C@@H]3C2=O)C(=O)C(F)(F)F)cc1. The molecule has 6 nitrogen and oxygen atoms in total. The van der Waals surface area contributed by atoms with Crippen LogP contribution in [0.5, 0.6) is 5.75 Å². The summed E-state index contributed by atoms with van der Waals surface area (Å²) in [5.41, 5.74) is -0.0717. The Morgan fingerprint density at radius 1 is 1.07 bits per heavy atom. The number of allylic oxidation sites excluding steroid dienone is 2. The lowest BCUT2D eigenvalue weighted by molar-refractivity contribution is -0.171. The summed E-state index contributed by atoms with van der Waals surface area (Å²) in [6, 6.07) is 5.41. The number of hydrogen-bond acceptors (Lipinski definition) is 4. The van der Waals surface area contributed by atoms with Crippen molar-refractivity contribution in [1.82, 2.24) is 4.90 Å². The van der Waals surface area contributed by atoms with Crippen LogP contribution >= 0.6 is 0 Å². The van der Waals surface area contributed by atoms with Crippen LogP contribution in [0, 0.1) is 35.5 Å². The Balaban J connectivity index is 1.45. The summed E-state index contributed by atoms with van der Waals surface area (Å²) < 4.78 is 44.8. The highest BCUT2D eigenvalue weighted by Crippen LogP contribution is 2.65. The lowest BCUT2D eigenvalue weighted by atomic mass is 9.63. The molecule has 1 aliphatic heterocycles. The molecular formula is C21H19F3N2O4. The van der Waals surface area contributed by atoms with E-state index in [-0.39, 0.29) is 17.5 Å². The van der Waals surface area contributed by atoms with Crippen LogP contribution in [0.15, 0.2) is 36.4 Å². The molecule has 158 valence electrons. The van der Waals surface area contributed by atoms with Gasteiger partial charge in [-0.3, -0.25) is 24.2 Å². The summed E-state index contributed by atoms with van der Waals surface area (Å²) in [5.74, 6) is -3.08. The number of benzene rings is 1. The Morgan fingerprint density at radius 3 is 2.07 bits per heavy atom. The van der Waals surface area contributed by atoms with Gasteiger partial charge in [-0.1, -0.05) is 12.2 Å². The van der Waals surface area contributed by atoms with Gasteiger partial charge in [0.15, 0.2) is 0 Å². The number of amides is 3. The fourth-order valence-corrected chi connectivity index (χ4v) is 5.48. The molecule has 0 N–H and O–H groups in total. The normalized spacial score (nSPS) is 33.4. The molecule has 4 aliphatic carbocycles. The molecule has 2 bridgehead atoms. The molecule has 2 saturated carbocycles. The summed E-state index contributed by atoms with van der Waals surface area (Å²) in [4.78, 5) is 39.6. The van der Waals surface area contributed by atoms with Crippen molar-refractivity contribution >= 4 is 23.4 Å². The first-order valence-electron chi connectivity index (χ1n) is 9.78. The topological polar surface area (TPSA) is 66.9 Å². The largest absolute Gasteiger partial charge is 0.497 e. The monoisotopic (exact) mass is 420 g/mol. The van der Waals surface area contributed by atoms with Crippen LogP contribution in [0.2, 0.25) is 0 Å². The second kappa shape index (κ2) is 6.33. The van der Waals surface area contributed by atoms with E-state index in [4.69, 9.17) is 4.74 Å². The molecule has 0 spiro atoms. The Morgan fingerprint density at radius 2 is 1.60 bits per heavy atom. The minimum absolute atomic E-state index is 0.0424. The molecule has 0 aromatic heterocycles. The number of alkyl halides is 3. The number of nitrogens with zero attached hydrogens (tertiary/aromatic N) is 2. The van der Waals surface area contributed by atoms with Crippen LogP contribution in [-0.4, -0.2) is 42.6 Å². The van der Waals surface area contributed by atoms with E-state index in [0.29, 0.717) is 22.5 Å². The van der Waals surface area contributed by atoms with E-state index in [1.54, 1.807) is 0 Å². The van der Waals surface area contributed by atoms with Crippen molar-refractivity contribution in [2.24, 2.45) is 35.5 Å². The Kier molecular flexibility index (Phi) is 4.04. The summed E-state index contributed by atoms with van der Waals surface area (Å²) in [6.07, 6.45) is -0.200. The second-order valence-corrected chi connectivity index (χ2v) is 8.33.